The van der Waals surface area contributed by atoms with Gasteiger partial charge >= 0.3 is 6.03 Å². The Hall–Kier alpha value is -2.63. The number of benzene rings is 2. The van der Waals surface area contributed by atoms with Crippen LogP contribution in [0.1, 0.15) is 24.9 Å². The van der Waals surface area contributed by atoms with Gasteiger partial charge in [0.2, 0.25) is 0 Å². The van der Waals surface area contributed by atoms with Gasteiger partial charge in [0.15, 0.2) is 11.6 Å². The summed E-state index contributed by atoms with van der Waals surface area (Å²) in [6, 6.07) is 11.6. The number of hydrogen-bond donors (Lipinski definition) is 2. The molecule has 6 heteroatoms. The molecule has 4 nitrogen and oxygen atoms in total. The van der Waals surface area contributed by atoms with Gasteiger partial charge in [-0.05, 0) is 43.2 Å². The topological polar surface area (TPSA) is 50.4 Å². The molecule has 1 atom stereocenters. The summed E-state index contributed by atoms with van der Waals surface area (Å²) in [5, 5.41) is 5.40. The number of amides is 2. The van der Waals surface area contributed by atoms with Crippen molar-refractivity contribution in [2.24, 2.45) is 0 Å². The number of carbonyl (C=O) groups excluding carboxylic acids is 1. The van der Waals surface area contributed by atoms with E-state index in [1.54, 1.807) is 37.3 Å². The third-order valence-corrected chi connectivity index (χ3v) is 3.40. The first kappa shape index (κ1) is 17.7. The molecule has 2 aromatic rings. The molecule has 0 saturated carbocycles. The molecular weight excluding hydrogens is 314 g/mol. The Morgan fingerprint density at radius 1 is 1.17 bits per heavy atom. The van der Waals surface area contributed by atoms with Gasteiger partial charge in [0.25, 0.3) is 0 Å². The lowest BCUT2D eigenvalue weighted by atomic mass is 10.1. The average Bonchev–Trinajstić information content (AvgIpc) is 2.56. The van der Waals surface area contributed by atoms with Crippen molar-refractivity contribution < 1.29 is 18.3 Å². The third-order valence-electron chi connectivity index (χ3n) is 3.40. The maximum absolute atomic E-state index is 13.3. The molecule has 2 amide bonds. The van der Waals surface area contributed by atoms with Crippen LogP contribution in [-0.2, 0) is 0 Å². The fraction of sp³-hybridized carbons (Fsp3) is 0.278. The van der Waals surface area contributed by atoms with E-state index >= 15 is 0 Å². The summed E-state index contributed by atoms with van der Waals surface area (Å²) < 4.78 is 31.8. The summed E-state index contributed by atoms with van der Waals surface area (Å²) in [6.07, 6.45) is 0.538. The highest BCUT2D eigenvalue weighted by Crippen LogP contribution is 2.15. The molecule has 0 heterocycles. The van der Waals surface area contributed by atoms with Crippen molar-refractivity contribution in [2.75, 3.05) is 13.2 Å². The second-order valence-corrected chi connectivity index (χ2v) is 5.31. The van der Waals surface area contributed by atoms with Gasteiger partial charge < -0.3 is 15.4 Å². The lowest BCUT2D eigenvalue weighted by Gasteiger charge is -2.15. The van der Waals surface area contributed by atoms with E-state index in [-0.39, 0.29) is 23.6 Å². The Kier molecular flexibility index (Phi) is 6.54. The summed E-state index contributed by atoms with van der Waals surface area (Å²) >= 11 is 0. The maximum Gasteiger partial charge on any atom is 0.315 e. The highest BCUT2D eigenvalue weighted by atomic mass is 19.1. The summed E-state index contributed by atoms with van der Waals surface area (Å²) in [7, 11) is 0. The minimum atomic E-state index is -0.410. The van der Waals surface area contributed by atoms with Crippen molar-refractivity contribution in [1.29, 1.82) is 0 Å². The molecule has 128 valence electrons. The van der Waals surface area contributed by atoms with Crippen LogP contribution in [0, 0.1) is 11.6 Å². The van der Waals surface area contributed by atoms with Gasteiger partial charge in [0.1, 0.15) is 5.82 Å². The Labute approximate surface area is 139 Å². The predicted octanol–water partition coefficient (Wildman–Crippen LogP) is 3.79. The van der Waals surface area contributed by atoms with Gasteiger partial charge in [0, 0.05) is 6.54 Å². The highest BCUT2D eigenvalue weighted by Gasteiger charge is 2.09. The molecule has 24 heavy (non-hydrogen) atoms. The fourth-order valence-corrected chi connectivity index (χ4v) is 2.12. The molecule has 0 spiro atoms. The van der Waals surface area contributed by atoms with Crippen LogP contribution in [0.3, 0.4) is 0 Å². The Bertz CT molecular complexity index is 680. The first-order chi connectivity index (χ1) is 11.6. The van der Waals surface area contributed by atoms with Crippen molar-refractivity contribution in [1.82, 2.24) is 10.6 Å². The van der Waals surface area contributed by atoms with E-state index in [0.717, 1.165) is 0 Å². The van der Waals surface area contributed by atoms with E-state index in [0.29, 0.717) is 25.1 Å². The van der Waals surface area contributed by atoms with Crippen LogP contribution >= 0.6 is 0 Å². The Balaban J connectivity index is 1.65. The summed E-state index contributed by atoms with van der Waals surface area (Å²) in [5.41, 5.74) is 0.688. The van der Waals surface area contributed by atoms with Gasteiger partial charge in [-0.2, -0.15) is 0 Å². The molecule has 1 unspecified atom stereocenters. The van der Waals surface area contributed by atoms with E-state index in [4.69, 9.17) is 4.74 Å². The number of urea groups is 1. The van der Waals surface area contributed by atoms with Gasteiger partial charge in [-0.15, -0.1) is 0 Å². The first-order valence-corrected chi connectivity index (χ1v) is 7.73. The van der Waals surface area contributed by atoms with Crippen molar-refractivity contribution in [3.05, 3.63) is 65.7 Å². The fourth-order valence-electron chi connectivity index (χ4n) is 2.12. The minimum absolute atomic E-state index is 0.196. The monoisotopic (exact) mass is 334 g/mol. The van der Waals surface area contributed by atoms with Gasteiger partial charge in [0.05, 0.1) is 12.6 Å². The maximum atomic E-state index is 13.3. The first-order valence-electron chi connectivity index (χ1n) is 7.73. The molecule has 0 aliphatic rings. The minimum Gasteiger partial charge on any atom is -0.490 e. The average molecular weight is 334 g/mol. The second-order valence-electron chi connectivity index (χ2n) is 5.31. The quantitative estimate of drug-likeness (QED) is 0.757. The molecule has 0 fully saturated rings. The van der Waals surface area contributed by atoms with E-state index in [2.05, 4.69) is 10.6 Å². The van der Waals surface area contributed by atoms with E-state index in [1.807, 2.05) is 0 Å². The molecule has 0 radical (unpaired) electrons. The largest absolute Gasteiger partial charge is 0.490 e. The predicted molar refractivity (Wildman–Crippen MR) is 87.9 cm³/mol. The normalized spacial score (nSPS) is 11.6. The lowest BCUT2D eigenvalue weighted by molar-refractivity contribution is 0.236. The van der Waals surface area contributed by atoms with E-state index in [9.17, 15) is 13.6 Å². The van der Waals surface area contributed by atoms with Gasteiger partial charge in [-0.25, -0.2) is 13.6 Å². The number of para-hydroxylation sites is 1. The molecule has 0 aliphatic heterocycles. The molecule has 0 saturated heterocycles. The molecular formula is C18H20F2N2O2. The van der Waals surface area contributed by atoms with Gasteiger partial charge in [-0.3, -0.25) is 0 Å². The molecule has 0 aromatic heterocycles. The van der Waals surface area contributed by atoms with Crippen molar-refractivity contribution in [2.45, 2.75) is 19.4 Å². The van der Waals surface area contributed by atoms with Gasteiger partial charge in [-0.1, -0.05) is 24.3 Å². The summed E-state index contributed by atoms with van der Waals surface area (Å²) in [5.74, 6) is -0.555. The van der Waals surface area contributed by atoms with E-state index in [1.165, 1.54) is 18.2 Å². The van der Waals surface area contributed by atoms with Crippen molar-refractivity contribution >= 4 is 6.03 Å². The van der Waals surface area contributed by atoms with Crippen molar-refractivity contribution in [3.8, 4) is 5.75 Å². The Morgan fingerprint density at radius 2 is 1.96 bits per heavy atom. The molecule has 0 bridgehead atoms. The summed E-state index contributed by atoms with van der Waals surface area (Å²) in [4.78, 5) is 11.8. The molecule has 2 rings (SSSR count). The number of carbonyl (C=O) groups is 1. The number of rotatable bonds is 7. The third kappa shape index (κ3) is 5.53. The zero-order chi connectivity index (χ0) is 17.4. The van der Waals surface area contributed by atoms with Crippen LogP contribution in [0.15, 0.2) is 48.5 Å². The lowest BCUT2D eigenvalue weighted by Crippen LogP contribution is -2.37. The number of hydrogen-bond acceptors (Lipinski definition) is 2. The molecule has 0 aliphatic carbocycles. The number of nitrogens with one attached hydrogen (secondary N) is 2. The SMILES string of the molecule is CC(NC(=O)NCCCOc1ccccc1F)c1cccc(F)c1. The van der Waals surface area contributed by atoms with Crippen molar-refractivity contribution in [3.63, 3.8) is 0 Å². The molecule has 2 aromatic carbocycles. The standard InChI is InChI=1S/C18H20F2N2O2/c1-13(14-6-4-7-15(19)12-14)22-18(23)21-10-5-11-24-17-9-3-2-8-16(17)20/h2-4,6-9,12-13H,5,10-11H2,1H3,(H2,21,22,23). The number of halogens is 2. The van der Waals surface area contributed by atoms with Crippen LogP contribution in [0.5, 0.6) is 5.75 Å². The van der Waals surface area contributed by atoms with Crippen LogP contribution in [0.4, 0.5) is 13.6 Å². The zero-order valence-electron chi connectivity index (χ0n) is 13.4. The van der Waals surface area contributed by atoms with Crippen LogP contribution in [-0.4, -0.2) is 19.2 Å². The van der Waals surface area contributed by atoms with Crippen LogP contribution in [0.2, 0.25) is 0 Å². The van der Waals surface area contributed by atoms with Crippen LogP contribution in [0.25, 0.3) is 0 Å². The number of ether oxygens (including phenoxy) is 1. The molecule has 2 N–H and O–H groups in total. The Morgan fingerprint density at radius 3 is 2.71 bits per heavy atom. The smallest absolute Gasteiger partial charge is 0.315 e. The van der Waals surface area contributed by atoms with E-state index < -0.39 is 5.82 Å². The van der Waals surface area contributed by atoms with Crippen LogP contribution < -0.4 is 15.4 Å². The highest BCUT2D eigenvalue weighted by molar-refractivity contribution is 5.74. The zero-order valence-corrected chi connectivity index (χ0v) is 13.4. The second kappa shape index (κ2) is 8.86. The summed E-state index contributed by atoms with van der Waals surface area (Å²) in [6.45, 7) is 2.45.